The van der Waals surface area contributed by atoms with Crippen LogP contribution < -0.4 is 0 Å². The van der Waals surface area contributed by atoms with E-state index >= 15 is 0 Å². The van der Waals surface area contributed by atoms with E-state index in [9.17, 15) is 0 Å². The van der Waals surface area contributed by atoms with Crippen molar-refractivity contribution in [2.45, 2.75) is 13.8 Å². The summed E-state index contributed by atoms with van der Waals surface area (Å²) in [6.45, 7) is 3.84. The van der Waals surface area contributed by atoms with Crippen LogP contribution in [0.25, 0.3) is 0 Å². The van der Waals surface area contributed by atoms with Gasteiger partial charge in [0.2, 0.25) is 5.90 Å². The fraction of sp³-hybridized carbons (Fsp3) is 0.375. The lowest BCUT2D eigenvalue weighted by molar-refractivity contribution is 0.383. The van der Waals surface area contributed by atoms with Gasteiger partial charge in [0.25, 0.3) is 0 Å². The van der Waals surface area contributed by atoms with Crippen LogP contribution >= 0.6 is 0 Å². The van der Waals surface area contributed by atoms with Crippen LogP contribution in [0.5, 0.6) is 0 Å². The summed E-state index contributed by atoms with van der Waals surface area (Å²) >= 11 is 0. The van der Waals surface area contributed by atoms with E-state index in [-0.39, 0.29) is 5.90 Å². The SMILES string of the molecule is COC(=N)c1occ(C)c1C. The molecular formula is C8H11NO2. The van der Waals surface area contributed by atoms with Crippen LogP contribution in [0.4, 0.5) is 0 Å². The Kier molecular flexibility index (Phi) is 1.98. The Morgan fingerprint density at radius 2 is 2.18 bits per heavy atom. The van der Waals surface area contributed by atoms with Gasteiger partial charge in [0.15, 0.2) is 5.76 Å². The average Bonchev–Trinajstić information content (AvgIpc) is 2.32. The number of hydrogen-bond donors (Lipinski definition) is 1. The summed E-state index contributed by atoms with van der Waals surface area (Å²) in [6.07, 6.45) is 1.62. The highest BCUT2D eigenvalue weighted by atomic mass is 16.5. The van der Waals surface area contributed by atoms with Gasteiger partial charge in [-0.25, -0.2) is 0 Å². The minimum Gasteiger partial charge on any atom is -0.479 e. The van der Waals surface area contributed by atoms with Crippen LogP contribution in [-0.2, 0) is 4.74 Å². The minimum atomic E-state index is 0.0793. The molecule has 0 radical (unpaired) electrons. The van der Waals surface area contributed by atoms with Crippen molar-refractivity contribution in [2.75, 3.05) is 7.11 Å². The fourth-order valence-electron chi connectivity index (χ4n) is 0.820. The summed E-state index contributed by atoms with van der Waals surface area (Å²) < 4.78 is 9.82. The van der Waals surface area contributed by atoms with Crippen molar-refractivity contribution >= 4 is 5.90 Å². The first-order valence-electron chi connectivity index (χ1n) is 3.34. The third kappa shape index (κ3) is 1.27. The Labute approximate surface area is 65.5 Å². The van der Waals surface area contributed by atoms with Crippen LogP contribution in [0.2, 0.25) is 0 Å². The molecule has 0 saturated carbocycles. The first-order valence-corrected chi connectivity index (χ1v) is 3.34. The third-order valence-corrected chi connectivity index (χ3v) is 1.70. The van der Waals surface area contributed by atoms with Gasteiger partial charge in [-0.05, 0) is 19.4 Å². The van der Waals surface area contributed by atoms with E-state index in [0.29, 0.717) is 5.76 Å². The quantitative estimate of drug-likeness (QED) is 0.494. The highest BCUT2D eigenvalue weighted by molar-refractivity contribution is 5.90. The second-order valence-electron chi connectivity index (χ2n) is 2.41. The van der Waals surface area contributed by atoms with Crippen molar-refractivity contribution in [3.63, 3.8) is 0 Å². The first-order chi connectivity index (χ1) is 5.16. The number of ether oxygens (including phenoxy) is 1. The van der Waals surface area contributed by atoms with Crippen LogP contribution in [0.1, 0.15) is 16.9 Å². The lowest BCUT2D eigenvalue weighted by Gasteiger charge is -1.97. The second kappa shape index (κ2) is 2.78. The molecule has 1 N–H and O–H groups in total. The van der Waals surface area contributed by atoms with Gasteiger partial charge in [0.1, 0.15) is 0 Å². The summed E-state index contributed by atoms with van der Waals surface area (Å²) in [4.78, 5) is 0. The highest BCUT2D eigenvalue weighted by Crippen LogP contribution is 2.15. The maximum absolute atomic E-state index is 7.32. The van der Waals surface area contributed by atoms with E-state index in [0.717, 1.165) is 11.1 Å². The van der Waals surface area contributed by atoms with Crippen molar-refractivity contribution in [3.8, 4) is 0 Å². The first kappa shape index (κ1) is 7.85. The summed E-state index contributed by atoms with van der Waals surface area (Å²) in [5.74, 6) is 0.598. The average molecular weight is 153 g/mol. The second-order valence-corrected chi connectivity index (χ2v) is 2.41. The molecule has 1 aromatic rings. The maximum Gasteiger partial charge on any atom is 0.250 e. The zero-order chi connectivity index (χ0) is 8.43. The lowest BCUT2D eigenvalue weighted by Crippen LogP contribution is -2.01. The summed E-state index contributed by atoms with van der Waals surface area (Å²) in [7, 11) is 1.46. The monoisotopic (exact) mass is 153 g/mol. The molecule has 0 atom stereocenters. The molecule has 1 rings (SSSR count). The predicted octanol–water partition coefficient (Wildman–Crippen LogP) is 1.87. The molecule has 0 aromatic carbocycles. The zero-order valence-electron chi connectivity index (χ0n) is 6.89. The number of methoxy groups -OCH3 is 1. The maximum atomic E-state index is 7.32. The molecule has 0 aliphatic rings. The van der Waals surface area contributed by atoms with Crippen molar-refractivity contribution in [1.29, 1.82) is 5.41 Å². The summed E-state index contributed by atoms with van der Waals surface area (Å²) in [6, 6.07) is 0. The number of furan rings is 1. The fourth-order valence-corrected chi connectivity index (χ4v) is 0.820. The molecule has 0 spiro atoms. The molecule has 1 aromatic heterocycles. The standard InChI is InChI=1S/C8H11NO2/c1-5-4-11-7(6(5)2)8(9)10-3/h4,9H,1-3H3. The van der Waals surface area contributed by atoms with Gasteiger partial charge in [0.05, 0.1) is 13.4 Å². The van der Waals surface area contributed by atoms with E-state index < -0.39 is 0 Å². The molecule has 0 aliphatic carbocycles. The molecule has 3 heteroatoms. The Balaban J connectivity index is 3.04. The van der Waals surface area contributed by atoms with Crippen LogP contribution in [0, 0.1) is 19.3 Å². The largest absolute Gasteiger partial charge is 0.479 e. The predicted molar refractivity (Wildman–Crippen MR) is 42.0 cm³/mol. The van der Waals surface area contributed by atoms with E-state index in [1.54, 1.807) is 6.26 Å². The molecule has 60 valence electrons. The molecule has 11 heavy (non-hydrogen) atoms. The van der Waals surface area contributed by atoms with Crippen molar-refractivity contribution < 1.29 is 9.15 Å². The highest BCUT2D eigenvalue weighted by Gasteiger charge is 2.10. The van der Waals surface area contributed by atoms with Crippen LogP contribution in [0.15, 0.2) is 10.7 Å². The lowest BCUT2D eigenvalue weighted by atomic mass is 10.2. The van der Waals surface area contributed by atoms with Gasteiger partial charge in [-0.3, -0.25) is 5.41 Å². The van der Waals surface area contributed by atoms with Crippen molar-refractivity contribution in [1.82, 2.24) is 0 Å². The van der Waals surface area contributed by atoms with Crippen molar-refractivity contribution in [3.05, 3.63) is 23.2 Å². The van der Waals surface area contributed by atoms with Crippen LogP contribution in [0.3, 0.4) is 0 Å². The van der Waals surface area contributed by atoms with Crippen molar-refractivity contribution in [2.24, 2.45) is 0 Å². The molecular weight excluding hydrogens is 142 g/mol. The van der Waals surface area contributed by atoms with E-state index in [1.807, 2.05) is 13.8 Å². The molecule has 0 aliphatic heterocycles. The Morgan fingerprint density at radius 3 is 2.55 bits per heavy atom. The molecule has 0 unspecified atom stereocenters. The molecule has 1 heterocycles. The third-order valence-electron chi connectivity index (χ3n) is 1.70. The normalized spacial score (nSPS) is 9.73. The molecule has 0 amide bonds. The number of nitrogens with one attached hydrogen (secondary N) is 1. The number of aryl methyl sites for hydroxylation is 1. The molecule has 3 nitrogen and oxygen atoms in total. The number of rotatable bonds is 1. The smallest absolute Gasteiger partial charge is 0.250 e. The minimum absolute atomic E-state index is 0.0793. The van der Waals surface area contributed by atoms with Crippen LogP contribution in [-0.4, -0.2) is 13.0 Å². The van der Waals surface area contributed by atoms with E-state index in [4.69, 9.17) is 14.6 Å². The summed E-state index contributed by atoms with van der Waals surface area (Å²) in [5.41, 5.74) is 2.01. The van der Waals surface area contributed by atoms with E-state index in [1.165, 1.54) is 7.11 Å². The van der Waals surface area contributed by atoms with Gasteiger partial charge in [0, 0.05) is 5.56 Å². The Hall–Kier alpha value is -1.25. The molecule has 0 fully saturated rings. The Morgan fingerprint density at radius 1 is 1.55 bits per heavy atom. The summed E-state index contributed by atoms with van der Waals surface area (Å²) in [5, 5.41) is 7.32. The topological polar surface area (TPSA) is 46.2 Å². The van der Waals surface area contributed by atoms with Gasteiger partial charge in [-0.15, -0.1) is 0 Å². The molecule has 0 bridgehead atoms. The van der Waals surface area contributed by atoms with Gasteiger partial charge in [-0.2, -0.15) is 0 Å². The van der Waals surface area contributed by atoms with E-state index in [2.05, 4.69) is 0 Å². The number of hydrogen-bond acceptors (Lipinski definition) is 3. The van der Waals surface area contributed by atoms with Gasteiger partial charge >= 0.3 is 0 Å². The van der Waals surface area contributed by atoms with Gasteiger partial charge in [-0.1, -0.05) is 0 Å². The van der Waals surface area contributed by atoms with Gasteiger partial charge < -0.3 is 9.15 Å². The Bertz CT molecular complexity index is 276. The molecule has 0 saturated heterocycles. The zero-order valence-corrected chi connectivity index (χ0v) is 6.89.